The van der Waals surface area contributed by atoms with E-state index >= 15 is 0 Å². The maximum atomic E-state index is 12.8. The highest BCUT2D eigenvalue weighted by molar-refractivity contribution is 6.29. The van der Waals surface area contributed by atoms with Crippen LogP contribution in [0.1, 0.15) is 11.1 Å². The quantitative estimate of drug-likeness (QED) is 0.624. The van der Waals surface area contributed by atoms with Gasteiger partial charge in [-0.1, -0.05) is 17.7 Å². The van der Waals surface area contributed by atoms with Gasteiger partial charge in [-0.25, -0.2) is 4.98 Å². The number of hydrogen-bond acceptors (Lipinski definition) is 7. The molecule has 8 nitrogen and oxygen atoms in total. The van der Waals surface area contributed by atoms with Crippen molar-refractivity contribution in [3.05, 3.63) is 57.0 Å². The Morgan fingerprint density at radius 2 is 1.97 bits per heavy atom. The predicted octanol–water partition coefficient (Wildman–Crippen LogP) is 2.49. The maximum Gasteiger partial charge on any atom is 0.270 e. The summed E-state index contributed by atoms with van der Waals surface area (Å²) in [7, 11) is 3.19. The Morgan fingerprint density at radius 1 is 1.23 bits per heavy atom. The number of rotatable bonds is 4. The summed E-state index contributed by atoms with van der Waals surface area (Å²) in [6.45, 7) is 3.22. The molecule has 9 heteroatoms. The van der Waals surface area contributed by atoms with Crippen molar-refractivity contribution in [2.24, 2.45) is 7.05 Å². The fraction of sp³-hybridized carbons (Fsp3) is 0.318. The smallest absolute Gasteiger partial charge is 0.270 e. The number of aromatic hydroxyl groups is 1. The van der Waals surface area contributed by atoms with Crippen molar-refractivity contribution in [2.45, 2.75) is 6.54 Å². The third-order valence-corrected chi connectivity index (χ3v) is 5.88. The number of nitrogens with zero attached hydrogens (tertiary/aromatic N) is 5. The third kappa shape index (κ3) is 3.90. The van der Waals surface area contributed by atoms with Crippen LogP contribution in [0, 0.1) is 11.3 Å². The number of phenols is 1. The van der Waals surface area contributed by atoms with Crippen molar-refractivity contribution >= 4 is 28.3 Å². The van der Waals surface area contributed by atoms with Crippen molar-refractivity contribution in [1.29, 1.82) is 5.26 Å². The third-order valence-electron chi connectivity index (χ3n) is 5.67. The van der Waals surface area contributed by atoms with E-state index in [1.54, 1.807) is 32.4 Å². The molecule has 31 heavy (non-hydrogen) atoms. The number of hydrogen-bond donors (Lipinski definition) is 1. The lowest BCUT2D eigenvalue weighted by Crippen LogP contribution is -2.47. The lowest BCUT2D eigenvalue weighted by atomic mass is 10.1. The topological polar surface area (TPSA) is 94.6 Å². The van der Waals surface area contributed by atoms with E-state index in [1.807, 2.05) is 17.0 Å². The molecule has 1 aliphatic heterocycles. The molecule has 1 N–H and O–H groups in total. The van der Waals surface area contributed by atoms with Crippen LogP contribution in [0.4, 0.5) is 5.69 Å². The molecule has 0 radical (unpaired) electrons. The minimum Gasteiger partial charge on any atom is -0.507 e. The van der Waals surface area contributed by atoms with Gasteiger partial charge in [-0.15, -0.1) is 0 Å². The summed E-state index contributed by atoms with van der Waals surface area (Å²) in [5.41, 5.74) is 2.27. The fourth-order valence-corrected chi connectivity index (χ4v) is 4.10. The molecule has 3 aromatic rings. The highest BCUT2D eigenvalue weighted by atomic mass is 35.5. The average molecular weight is 440 g/mol. The number of nitriles is 1. The molecule has 0 unspecified atom stereocenters. The van der Waals surface area contributed by atoms with Gasteiger partial charge in [-0.2, -0.15) is 5.26 Å². The van der Waals surface area contributed by atoms with Crippen LogP contribution in [0.5, 0.6) is 11.5 Å². The number of methoxy groups -OCH3 is 1. The number of ether oxygens (including phenoxy) is 1. The molecule has 2 aromatic heterocycles. The van der Waals surface area contributed by atoms with Crippen molar-refractivity contribution in [3.8, 4) is 17.6 Å². The van der Waals surface area contributed by atoms with Crippen molar-refractivity contribution in [3.63, 3.8) is 0 Å². The molecule has 0 spiro atoms. The number of pyridine rings is 2. The summed E-state index contributed by atoms with van der Waals surface area (Å²) in [5, 5.41) is 20.3. The number of piperazine rings is 1. The second kappa shape index (κ2) is 8.46. The molecule has 1 aliphatic rings. The van der Waals surface area contributed by atoms with Gasteiger partial charge in [0.05, 0.1) is 18.3 Å². The molecule has 1 saturated heterocycles. The normalized spacial score (nSPS) is 14.6. The zero-order valence-electron chi connectivity index (χ0n) is 17.3. The zero-order valence-corrected chi connectivity index (χ0v) is 18.1. The molecule has 1 fully saturated rings. The van der Waals surface area contributed by atoms with E-state index in [4.69, 9.17) is 16.3 Å². The van der Waals surface area contributed by atoms with Crippen LogP contribution in [0.25, 0.3) is 11.0 Å². The Bertz CT molecular complexity index is 1240. The first-order valence-electron chi connectivity index (χ1n) is 9.85. The molecule has 160 valence electrons. The van der Waals surface area contributed by atoms with E-state index in [9.17, 15) is 15.2 Å². The standard InChI is InChI=1S/C22H22ClN5O3/c1-26-17-5-6-19(23)25-20(17)21(16(12-24)22(26)30)28-9-7-27(8-10-28)13-14-3-4-15(31-2)11-18(14)29/h3-6,11,29H,7-10,13H2,1-2H3. The van der Waals surface area contributed by atoms with Crippen LogP contribution in [0.15, 0.2) is 35.1 Å². The first-order valence-corrected chi connectivity index (χ1v) is 10.2. The number of halogens is 1. The highest BCUT2D eigenvalue weighted by Gasteiger charge is 2.25. The molecule has 3 heterocycles. The van der Waals surface area contributed by atoms with E-state index in [0.717, 1.165) is 5.56 Å². The van der Waals surface area contributed by atoms with Gasteiger partial charge in [0.2, 0.25) is 0 Å². The monoisotopic (exact) mass is 439 g/mol. The van der Waals surface area contributed by atoms with Crippen molar-refractivity contribution in [2.75, 3.05) is 38.2 Å². The number of phenolic OH excluding ortho intramolecular Hbond substituents is 1. The van der Waals surface area contributed by atoms with E-state index in [2.05, 4.69) is 16.0 Å². The van der Waals surface area contributed by atoms with Gasteiger partial charge in [0.25, 0.3) is 5.56 Å². The van der Waals surface area contributed by atoms with Crippen molar-refractivity contribution < 1.29 is 9.84 Å². The Kier molecular flexibility index (Phi) is 5.72. The van der Waals surface area contributed by atoms with Crippen LogP contribution in [-0.2, 0) is 13.6 Å². The minimum absolute atomic E-state index is 0.0750. The van der Waals surface area contributed by atoms with Crippen LogP contribution in [-0.4, -0.2) is 52.8 Å². The predicted molar refractivity (Wildman–Crippen MR) is 119 cm³/mol. The van der Waals surface area contributed by atoms with Gasteiger partial charge in [0.1, 0.15) is 33.8 Å². The Morgan fingerprint density at radius 3 is 2.61 bits per heavy atom. The number of anilines is 1. The SMILES string of the molecule is COc1ccc(CN2CCN(c3c(C#N)c(=O)n(C)c4ccc(Cl)nc34)CC2)c(O)c1. The second-order valence-electron chi connectivity index (χ2n) is 7.46. The zero-order chi connectivity index (χ0) is 22.1. The number of benzene rings is 1. The minimum atomic E-state index is -0.347. The van der Waals surface area contributed by atoms with Crippen molar-refractivity contribution in [1.82, 2.24) is 14.5 Å². The average Bonchev–Trinajstić information content (AvgIpc) is 2.78. The molecule has 0 bridgehead atoms. The second-order valence-corrected chi connectivity index (χ2v) is 7.85. The molecular weight excluding hydrogens is 418 g/mol. The number of fused-ring (bicyclic) bond motifs is 1. The van der Waals surface area contributed by atoms with Crippen LogP contribution < -0.4 is 15.2 Å². The summed E-state index contributed by atoms with van der Waals surface area (Å²) >= 11 is 6.13. The first kappa shape index (κ1) is 21.0. The molecule has 0 saturated carbocycles. The van der Waals surface area contributed by atoms with Gasteiger partial charge in [0.15, 0.2) is 0 Å². The molecular formula is C22H22ClN5O3. The summed E-state index contributed by atoms with van der Waals surface area (Å²) < 4.78 is 6.57. The van der Waals surface area contributed by atoms with Gasteiger partial charge in [0, 0.05) is 51.4 Å². The van der Waals surface area contributed by atoms with Gasteiger partial charge < -0.3 is 19.3 Å². The van der Waals surface area contributed by atoms with Gasteiger partial charge >= 0.3 is 0 Å². The Labute approximate surface area is 184 Å². The molecule has 0 aliphatic carbocycles. The number of aryl methyl sites for hydroxylation is 1. The van der Waals surface area contributed by atoms with E-state index in [-0.39, 0.29) is 16.9 Å². The van der Waals surface area contributed by atoms with E-state index in [1.165, 1.54) is 4.57 Å². The van der Waals surface area contributed by atoms with Crippen LogP contribution in [0.2, 0.25) is 5.15 Å². The Balaban J connectivity index is 1.61. The van der Waals surface area contributed by atoms with Crippen LogP contribution in [0.3, 0.4) is 0 Å². The lowest BCUT2D eigenvalue weighted by molar-refractivity contribution is 0.246. The van der Waals surface area contributed by atoms with Gasteiger partial charge in [-0.3, -0.25) is 9.69 Å². The molecule has 0 amide bonds. The lowest BCUT2D eigenvalue weighted by Gasteiger charge is -2.36. The summed E-state index contributed by atoms with van der Waals surface area (Å²) in [6.07, 6.45) is 0. The maximum absolute atomic E-state index is 12.8. The summed E-state index contributed by atoms with van der Waals surface area (Å²) in [6, 6.07) is 10.7. The highest BCUT2D eigenvalue weighted by Crippen LogP contribution is 2.30. The summed E-state index contributed by atoms with van der Waals surface area (Å²) in [5.74, 6) is 0.809. The summed E-state index contributed by atoms with van der Waals surface area (Å²) in [4.78, 5) is 21.4. The fourth-order valence-electron chi connectivity index (χ4n) is 3.95. The first-order chi connectivity index (χ1) is 14.9. The largest absolute Gasteiger partial charge is 0.507 e. The van der Waals surface area contributed by atoms with Crippen LogP contribution >= 0.6 is 11.6 Å². The van der Waals surface area contributed by atoms with E-state index < -0.39 is 0 Å². The molecule has 0 atom stereocenters. The van der Waals surface area contributed by atoms with Gasteiger partial charge in [-0.05, 0) is 18.2 Å². The van der Waals surface area contributed by atoms with E-state index in [0.29, 0.717) is 60.3 Å². The molecule has 4 rings (SSSR count). The number of aromatic nitrogens is 2. The molecule has 1 aromatic carbocycles. The Hall–Kier alpha value is -3.28.